The van der Waals surface area contributed by atoms with Gasteiger partial charge in [0.05, 0.1) is 17.3 Å². The van der Waals surface area contributed by atoms with Crippen LogP contribution in [-0.2, 0) is 24.2 Å². The van der Waals surface area contributed by atoms with Crippen molar-refractivity contribution in [2.75, 3.05) is 23.9 Å². The van der Waals surface area contributed by atoms with Gasteiger partial charge in [0.2, 0.25) is 0 Å². The van der Waals surface area contributed by atoms with Crippen LogP contribution in [0.4, 0.5) is 0 Å². The second-order valence-corrected chi connectivity index (χ2v) is 8.76. The predicted octanol–water partition coefficient (Wildman–Crippen LogP) is 0.406. The van der Waals surface area contributed by atoms with Gasteiger partial charge in [0.25, 0.3) is 11.8 Å². The number of rotatable bonds is 6. The van der Waals surface area contributed by atoms with Crippen molar-refractivity contribution in [3.63, 3.8) is 0 Å². The minimum atomic E-state index is -2.98. The molecule has 130 valence electrons. The van der Waals surface area contributed by atoms with E-state index in [0.717, 1.165) is 0 Å². The van der Waals surface area contributed by atoms with Crippen molar-refractivity contribution in [2.45, 2.75) is 11.7 Å². The van der Waals surface area contributed by atoms with Crippen molar-refractivity contribution in [2.24, 2.45) is 0 Å². The van der Waals surface area contributed by atoms with Crippen molar-refractivity contribution in [3.05, 3.63) is 35.9 Å². The van der Waals surface area contributed by atoms with Gasteiger partial charge in [0.15, 0.2) is 16.4 Å². The molecule has 24 heavy (non-hydrogen) atoms. The lowest BCUT2D eigenvalue weighted by molar-refractivity contribution is -0.145. The van der Waals surface area contributed by atoms with Crippen LogP contribution >= 0.6 is 11.8 Å². The summed E-state index contributed by atoms with van der Waals surface area (Å²) in [4.78, 5) is 34.9. The van der Waals surface area contributed by atoms with Crippen LogP contribution in [0.5, 0.6) is 0 Å². The van der Waals surface area contributed by atoms with E-state index in [-0.39, 0.29) is 22.5 Å². The van der Waals surface area contributed by atoms with Gasteiger partial charge in [-0.2, -0.15) is 0 Å². The summed E-state index contributed by atoms with van der Waals surface area (Å²) in [5.41, 5.74) is 0.329. The Morgan fingerprint density at radius 1 is 1.21 bits per heavy atom. The summed E-state index contributed by atoms with van der Waals surface area (Å²) in [6, 6.07) is 8.19. The van der Waals surface area contributed by atoms with Gasteiger partial charge in [0, 0.05) is 10.8 Å². The number of nitrogens with one attached hydrogen (secondary N) is 1. The van der Waals surface area contributed by atoms with Crippen molar-refractivity contribution in [3.8, 4) is 0 Å². The molecule has 0 spiro atoms. The normalized spacial score (nSPS) is 18.8. The van der Waals surface area contributed by atoms with Gasteiger partial charge in [-0.1, -0.05) is 18.2 Å². The van der Waals surface area contributed by atoms with Gasteiger partial charge in [-0.25, -0.2) is 8.42 Å². The van der Waals surface area contributed by atoms with Gasteiger partial charge in [0.1, 0.15) is 0 Å². The summed E-state index contributed by atoms with van der Waals surface area (Å²) in [7, 11) is -2.98. The number of thioether (sulfide) groups is 1. The molecule has 1 N–H and O–H groups in total. The fraction of sp³-hybridized carbons (Fsp3) is 0.400. The molecule has 1 aliphatic rings. The van der Waals surface area contributed by atoms with Gasteiger partial charge in [-0.15, -0.1) is 11.8 Å². The topological polar surface area (TPSA) is 107 Å². The van der Waals surface area contributed by atoms with E-state index >= 15 is 0 Å². The molecule has 7 nitrogen and oxygen atoms in total. The molecule has 2 rings (SSSR count). The molecule has 1 heterocycles. The number of carbonyl (C=O) groups is 3. The maximum absolute atomic E-state index is 11.7. The van der Waals surface area contributed by atoms with E-state index in [9.17, 15) is 22.8 Å². The summed E-state index contributed by atoms with van der Waals surface area (Å²) < 4.78 is 27.4. The first-order chi connectivity index (χ1) is 11.4. The lowest BCUT2D eigenvalue weighted by Gasteiger charge is -2.08. The second-order valence-electron chi connectivity index (χ2n) is 5.24. The molecule has 0 aliphatic carbocycles. The number of hydrogen-bond donors (Lipinski definition) is 1. The summed E-state index contributed by atoms with van der Waals surface area (Å²) in [5.74, 6) is -1.72. The van der Waals surface area contributed by atoms with E-state index in [1.54, 1.807) is 30.3 Å². The number of sulfone groups is 1. The fourth-order valence-electron chi connectivity index (χ4n) is 2.09. The van der Waals surface area contributed by atoms with E-state index in [0.29, 0.717) is 12.0 Å². The second kappa shape index (κ2) is 8.29. The van der Waals surface area contributed by atoms with Crippen LogP contribution in [-0.4, -0.2) is 55.3 Å². The Labute approximate surface area is 144 Å². The highest BCUT2D eigenvalue weighted by atomic mass is 32.2. The zero-order valence-corrected chi connectivity index (χ0v) is 14.4. The van der Waals surface area contributed by atoms with Gasteiger partial charge < -0.3 is 4.74 Å². The molecule has 1 atom stereocenters. The lowest BCUT2D eigenvalue weighted by atomic mass is 10.2. The van der Waals surface area contributed by atoms with Crippen LogP contribution in [0, 0.1) is 0 Å². The standard InChI is InChI=1S/C15H17NO6S2/c17-13(16-15(19)11-4-2-1-3-5-11)8-22-14(18)9-23-12-6-7-24(20,21)10-12/h1-5,12H,6-10H2,(H,16,17,19)/t12-/m1/s1. The third-order valence-corrected chi connectivity index (χ3v) is 6.54. The molecule has 1 aliphatic heterocycles. The Balaban J connectivity index is 1.66. The highest BCUT2D eigenvalue weighted by Crippen LogP contribution is 2.24. The molecule has 9 heteroatoms. The smallest absolute Gasteiger partial charge is 0.316 e. The van der Waals surface area contributed by atoms with Crippen LogP contribution in [0.1, 0.15) is 16.8 Å². The molecular formula is C15H17NO6S2. The minimum Gasteiger partial charge on any atom is -0.455 e. The summed E-state index contributed by atoms with van der Waals surface area (Å²) in [6.07, 6.45) is 0.520. The minimum absolute atomic E-state index is 0.0277. The van der Waals surface area contributed by atoms with E-state index < -0.39 is 34.2 Å². The van der Waals surface area contributed by atoms with Gasteiger partial charge in [-0.05, 0) is 18.6 Å². The quantitative estimate of drug-likeness (QED) is 0.722. The van der Waals surface area contributed by atoms with E-state index in [1.807, 2.05) is 0 Å². The zero-order valence-electron chi connectivity index (χ0n) is 12.8. The van der Waals surface area contributed by atoms with Crippen molar-refractivity contribution in [1.82, 2.24) is 5.32 Å². The lowest BCUT2D eigenvalue weighted by Crippen LogP contribution is -2.34. The Kier molecular flexibility index (Phi) is 6.38. The first-order valence-electron chi connectivity index (χ1n) is 7.22. The molecular weight excluding hydrogens is 354 g/mol. The number of ether oxygens (including phenoxy) is 1. The van der Waals surface area contributed by atoms with Crippen LogP contribution < -0.4 is 5.32 Å². The summed E-state index contributed by atoms with van der Waals surface area (Å²) in [5, 5.41) is 2.00. The third-order valence-electron chi connectivity index (χ3n) is 3.28. The Morgan fingerprint density at radius 3 is 2.54 bits per heavy atom. The highest BCUT2D eigenvalue weighted by Gasteiger charge is 2.28. The number of amides is 2. The molecule has 0 saturated carbocycles. The van der Waals surface area contributed by atoms with Crippen molar-refractivity contribution < 1.29 is 27.5 Å². The molecule has 0 aromatic heterocycles. The Bertz CT molecular complexity index is 717. The van der Waals surface area contributed by atoms with Crippen LogP contribution in [0.15, 0.2) is 30.3 Å². The molecule has 1 aromatic rings. The van der Waals surface area contributed by atoms with E-state index in [1.165, 1.54) is 11.8 Å². The molecule has 2 amide bonds. The molecule has 0 radical (unpaired) electrons. The third kappa shape index (κ3) is 5.97. The predicted molar refractivity (Wildman–Crippen MR) is 89.4 cm³/mol. The SMILES string of the molecule is O=C(COC(=O)CS[C@@H]1CCS(=O)(=O)C1)NC(=O)c1ccccc1. The number of benzene rings is 1. The molecule has 0 unspecified atom stereocenters. The molecule has 1 fully saturated rings. The first kappa shape index (κ1) is 18.5. The average molecular weight is 371 g/mol. The Hall–Kier alpha value is -1.87. The molecule has 0 bridgehead atoms. The van der Waals surface area contributed by atoms with Gasteiger partial charge >= 0.3 is 5.97 Å². The van der Waals surface area contributed by atoms with Crippen molar-refractivity contribution >= 4 is 39.4 Å². The largest absolute Gasteiger partial charge is 0.455 e. The number of imide groups is 1. The van der Waals surface area contributed by atoms with E-state index in [2.05, 4.69) is 5.32 Å². The average Bonchev–Trinajstić information content (AvgIpc) is 2.91. The highest BCUT2D eigenvalue weighted by molar-refractivity contribution is 8.02. The molecule has 1 saturated heterocycles. The number of esters is 1. The van der Waals surface area contributed by atoms with Crippen LogP contribution in [0.2, 0.25) is 0 Å². The summed E-state index contributed by atoms with van der Waals surface area (Å²) in [6.45, 7) is -0.555. The first-order valence-corrected chi connectivity index (χ1v) is 10.1. The van der Waals surface area contributed by atoms with Crippen molar-refractivity contribution in [1.29, 1.82) is 0 Å². The van der Waals surface area contributed by atoms with E-state index in [4.69, 9.17) is 4.74 Å². The summed E-state index contributed by atoms with van der Waals surface area (Å²) >= 11 is 1.20. The zero-order chi connectivity index (χ0) is 17.6. The maximum Gasteiger partial charge on any atom is 0.316 e. The van der Waals surface area contributed by atoms with Gasteiger partial charge in [-0.3, -0.25) is 19.7 Å². The number of carbonyl (C=O) groups excluding carboxylic acids is 3. The molecule has 1 aromatic carbocycles. The fourth-order valence-corrected chi connectivity index (χ4v) is 5.53. The van der Waals surface area contributed by atoms with Crippen LogP contribution in [0.3, 0.4) is 0 Å². The number of hydrogen-bond acceptors (Lipinski definition) is 7. The Morgan fingerprint density at radius 2 is 1.92 bits per heavy atom. The van der Waals surface area contributed by atoms with Crippen LogP contribution in [0.25, 0.3) is 0 Å². The maximum atomic E-state index is 11.7. The monoisotopic (exact) mass is 371 g/mol.